The molecule has 3 rings (SSSR count). The predicted octanol–water partition coefficient (Wildman–Crippen LogP) is -0.284. The molecule has 0 fully saturated rings. The number of hydrogen-bond donors (Lipinski definition) is 1. The van der Waals surface area contributed by atoms with Crippen molar-refractivity contribution in [1.29, 1.82) is 0 Å². The van der Waals surface area contributed by atoms with Crippen molar-refractivity contribution >= 4 is 17.6 Å². The van der Waals surface area contributed by atoms with Crippen LogP contribution < -0.4 is 11.2 Å². The van der Waals surface area contributed by atoms with Crippen molar-refractivity contribution in [2.75, 3.05) is 13.2 Å². The predicted molar refractivity (Wildman–Crippen MR) is 91.6 cm³/mol. The van der Waals surface area contributed by atoms with Gasteiger partial charge in [-0.15, -0.1) is 0 Å². The molecule has 9 heteroatoms. The molecule has 0 unspecified atom stereocenters. The lowest BCUT2D eigenvalue weighted by Gasteiger charge is -2.11. The van der Waals surface area contributed by atoms with Gasteiger partial charge in [-0.3, -0.25) is 23.9 Å². The summed E-state index contributed by atoms with van der Waals surface area (Å²) in [5, 5.41) is 5.52. The van der Waals surface area contributed by atoms with E-state index in [0.29, 0.717) is 13.0 Å². The number of aromatic amines is 1. The number of nitrogens with one attached hydrogen (secondary N) is 1. The van der Waals surface area contributed by atoms with Crippen LogP contribution in [0.2, 0.25) is 0 Å². The van der Waals surface area contributed by atoms with Crippen molar-refractivity contribution in [3.05, 3.63) is 69.0 Å². The molecule has 0 bridgehead atoms. The number of nitrogens with zero attached hydrogens (tertiary/aromatic N) is 3. The normalized spacial score (nSPS) is 13.4. The quantitative estimate of drug-likeness (QED) is 0.740. The lowest BCUT2D eigenvalue weighted by atomic mass is 10.1. The minimum atomic E-state index is -0.765. The monoisotopic (exact) mass is 356 g/mol. The first kappa shape index (κ1) is 17.3. The molecule has 1 aliphatic heterocycles. The molecule has 2 aromatic rings. The third-order valence-electron chi connectivity index (χ3n) is 3.75. The summed E-state index contributed by atoms with van der Waals surface area (Å²) < 4.78 is 5.88. The van der Waals surface area contributed by atoms with E-state index in [-0.39, 0.29) is 0 Å². The molecule has 1 aromatic heterocycles. The highest BCUT2D eigenvalue weighted by Crippen LogP contribution is 2.13. The molecule has 0 aliphatic carbocycles. The molecular formula is C17H16N4O5. The Morgan fingerprint density at radius 3 is 2.65 bits per heavy atom. The Morgan fingerprint density at radius 1 is 1.15 bits per heavy atom. The smallest absolute Gasteiger partial charge is 0.328 e. The van der Waals surface area contributed by atoms with Crippen molar-refractivity contribution in [2.24, 2.45) is 5.10 Å². The minimum absolute atomic E-state index is 0.401. The summed E-state index contributed by atoms with van der Waals surface area (Å²) in [5.74, 6) is -1.21. The molecule has 9 nitrogen and oxygen atoms in total. The van der Waals surface area contributed by atoms with Gasteiger partial charge in [0.05, 0.1) is 12.3 Å². The fourth-order valence-corrected chi connectivity index (χ4v) is 2.44. The highest BCUT2D eigenvalue weighted by atomic mass is 16.5. The lowest BCUT2D eigenvalue weighted by molar-refractivity contribution is -0.152. The van der Waals surface area contributed by atoms with Crippen molar-refractivity contribution in [3.8, 4) is 0 Å². The van der Waals surface area contributed by atoms with Crippen LogP contribution in [0.4, 0.5) is 0 Å². The Bertz CT molecular complexity index is 961. The average molecular weight is 356 g/mol. The molecule has 0 saturated carbocycles. The van der Waals surface area contributed by atoms with Crippen LogP contribution in [0.1, 0.15) is 12.0 Å². The van der Waals surface area contributed by atoms with E-state index in [9.17, 15) is 19.2 Å². The molecule has 1 amide bonds. The fourth-order valence-electron chi connectivity index (χ4n) is 2.44. The molecule has 1 N–H and O–H groups in total. The number of hydrazone groups is 1. The maximum Gasteiger partial charge on any atom is 0.328 e. The van der Waals surface area contributed by atoms with Crippen LogP contribution in [0.15, 0.2) is 57.3 Å². The van der Waals surface area contributed by atoms with Crippen LogP contribution >= 0.6 is 0 Å². The maximum absolute atomic E-state index is 12.1. The number of ether oxygens (including phenoxy) is 1. The number of H-pyrrole nitrogens is 1. The second-order valence-electron chi connectivity index (χ2n) is 5.58. The van der Waals surface area contributed by atoms with E-state index >= 15 is 0 Å². The van der Waals surface area contributed by atoms with Crippen LogP contribution in [0.25, 0.3) is 0 Å². The average Bonchev–Trinajstić information content (AvgIpc) is 3.13. The van der Waals surface area contributed by atoms with Gasteiger partial charge in [0.2, 0.25) is 0 Å². The molecule has 26 heavy (non-hydrogen) atoms. The second kappa shape index (κ2) is 7.60. The molecule has 0 atom stereocenters. The van der Waals surface area contributed by atoms with Crippen LogP contribution in [-0.4, -0.2) is 45.3 Å². The highest BCUT2D eigenvalue weighted by Gasteiger charge is 2.22. The third-order valence-corrected chi connectivity index (χ3v) is 3.75. The molecule has 1 aromatic carbocycles. The molecule has 134 valence electrons. The first-order valence-corrected chi connectivity index (χ1v) is 7.91. The SMILES string of the molecule is O=C(Cn1ccc(=O)[nH]c1=O)OCC(=O)N1CCC(c2ccccc2)=N1. The zero-order valence-electron chi connectivity index (χ0n) is 13.8. The van der Waals surface area contributed by atoms with Crippen LogP contribution in [0.5, 0.6) is 0 Å². The van der Waals surface area contributed by atoms with Gasteiger partial charge in [-0.05, 0) is 5.56 Å². The molecule has 2 heterocycles. The van der Waals surface area contributed by atoms with E-state index in [0.717, 1.165) is 21.9 Å². The van der Waals surface area contributed by atoms with E-state index in [1.165, 1.54) is 11.2 Å². The largest absolute Gasteiger partial charge is 0.454 e. The summed E-state index contributed by atoms with van der Waals surface area (Å²) >= 11 is 0. The minimum Gasteiger partial charge on any atom is -0.454 e. The van der Waals surface area contributed by atoms with E-state index < -0.39 is 36.3 Å². The van der Waals surface area contributed by atoms with Crippen molar-refractivity contribution in [1.82, 2.24) is 14.6 Å². The van der Waals surface area contributed by atoms with Crippen LogP contribution in [-0.2, 0) is 20.9 Å². The highest BCUT2D eigenvalue weighted by molar-refractivity contribution is 6.02. The summed E-state index contributed by atoms with van der Waals surface area (Å²) in [5.41, 5.74) is 0.454. The van der Waals surface area contributed by atoms with Gasteiger partial charge in [0, 0.05) is 18.7 Å². The van der Waals surface area contributed by atoms with Crippen LogP contribution in [0.3, 0.4) is 0 Å². The van der Waals surface area contributed by atoms with Gasteiger partial charge >= 0.3 is 11.7 Å². The van der Waals surface area contributed by atoms with E-state index in [2.05, 4.69) is 5.10 Å². The van der Waals surface area contributed by atoms with Gasteiger partial charge in [-0.25, -0.2) is 9.80 Å². The Hall–Kier alpha value is -3.49. The van der Waals surface area contributed by atoms with E-state index in [1.54, 1.807) is 0 Å². The Balaban J connectivity index is 1.54. The number of carbonyl (C=O) groups is 2. The van der Waals surface area contributed by atoms with Gasteiger partial charge in [0.15, 0.2) is 6.61 Å². The van der Waals surface area contributed by atoms with Gasteiger partial charge in [-0.1, -0.05) is 30.3 Å². The van der Waals surface area contributed by atoms with E-state index in [4.69, 9.17) is 4.74 Å². The number of esters is 1. The number of benzene rings is 1. The summed E-state index contributed by atoms with van der Waals surface area (Å²) in [6.07, 6.45) is 1.80. The summed E-state index contributed by atoms with van der Waals surface area (Å²) in [7, 11) is 0. The Morgan fingerprint density at radius 2 is 1.92 bits per heavy atom. The number of rotatable bonds is 5. The van der Waals surface area contributed by atoms with Gasteiger partial charge in [0.25, 0.3) is 11.5 Å². The third kappa shape index (κ3) is 4.12. The first-order valence-electron chi connectivity index (χ1n) is 7.91. The zero-order chi connectivity index (χ0) is 18.5. The number of aromatic nitrogens is 2. The van der Waals surface area contributed by atoms with Gasteiger partial charge < -0.3 is 4.74 Å². The second-order valence-corrected chi connectivity index (χ2v) is 5.58. The summed E-state index contributed by atoms with van der Waals surface area (Å²) in [6.45, 7) is -0.454. The van der Waals surface area contributed by atoms with Crippen LogP contribution in [0, 0.1) is 0 Å². The number of carbonyl (C=O) groups excluding carboxylic acids is 2. The molecule has 0 saturated heterocycles. The van der Waals surface area contributed by atoms with Gasteiger partial charge in [-0.2, -0.15) is 5.10 Å². The number of hydrogen-bond acceptors (Lipinski definition) is 6. The van der Waals surface area contributed by atoms with Crippen molar-refractivity contribution in [3.63, 3.8) is 0 Å². The fraction of sp³-hybridized carbons (Fsp3) is 0.235. The Kier molecular flexibility index (Phi) is 5.07. The van der Waals surface area contributed by atoms with Crippen molar-refractivity contribution < 1.29 is 14.3 Å². The standard InChI is InChI=1S/C17H16N4O5/c22-14-7-8-20(17(25)18-14)10-16(24)26-11-15(23)21-9-6-13(19-21)12-4-2-1-3-5-12/h1-5,7-8H,6,9-11H2,(H,18,22,25). The lowest BCUT2D eigenvalue weighted by Crippen LogP contribution is -2.33. The molecule has 0 spiro atoms. The van der Waals surface area contributed by atoms with Crippen molar-refractivity contribution in [2.45, 2.75) is 13.0 Å². The topological polar surface area (TPSA) is 114 Å². The summed E-state index contributed by atoms with van der Waals surface area (Å²) in [6, 6.07) is 10.6. The van der Waals surface area contributed by atoms with E-state index in [1.807, 2.05) is 35.3 Å². The number of amides is 1. The first-order chi connectivity index (χ1) is 12.5. The maximum atomic E-state index is 12.1. The molecule has 0 radical (unpaired) electrons. The summed E-state index contributed by atoms with van der Waals surface area (Å²) in [4.78, 5) is 48.4. The Labute approximate surface area is 147 Å². The molecular weight excluding hydrogens is 340 g/mol. The molecule has 1 aliphatic rings. The zero-order valence-corrected chi connectivity index (χ0v) is 13.8. The van der Waals surface area contributed by atoms with Gasteiger partial charge in [0.1, 0.15) is 6.54 Å².